The fraction of sp³-hybridized carbons (Fsp3) is 0.429. The Morgan fingerprint density at radius 2 is 2.00 bits per heavy atom. The van der Waals surface area contributed by atoms with E-state index in [1.54, 1.807) is 0 Å². The van der Waals surface area contributed by atoms with Gasteiger partial charge in [0.1, 0.15) is 4.83 Å². The van der Waals surface area contributed by atoms with E-state index in [0.29, 0.717) is 6.42 Å². The van der Waals surface area contributed by atoms with Gasteiger partial charge in [-0.1, -0.05) is 22.0 Å². The monoisotopic (exact) mass is 325 g/mol. The summed E-state index contributed by atoms with van der Waals surface area (Å²) in [5.74, 6) is -1.03. The smallest absolute Gasteiger partial charge is 0.317 e. The van der Waals surface area contributed by atoms with Crippen LogP contribution < -0.4 is 5.32 Å². The Balaban J connectivity index is 2.33. The number of carbonyl (C=O) groups is 2. The second-order valence-corrected chi connectivity index (χ2v) is 5.93. The standard InChI is InChI=1S/C14H16BrNO3/c1-8(17)16-13-7-10-4-2-3-9(10)5-11(13)6-12(15)14(18)19/h5,7,12H,2-4,6H2,1H3,(H,16,17)(H,18,19). The van der Waals surface area contributed by atoms with Crippen LogP contribution in [0.15, 0.2) is 12.1 Å². The van der Waals surface area contributed by atoms with Gasteiger partial charge in [0.15, 0.2) is 0 Å². The Hall–Kier alpha value is -1.36. The molecule has 0 spiro atoms. The van der Waals surface area contributed by atoms with E-state index in [2.05, 4.69) is 21.2 Å². The highest BCUT2D eigenvalue weighted by molar-refractivity contribution is 9.10. The normalized spacial score (nSPS) is 14.8. The Bertz CT molecular complexity index is 528. The van der Waals surface area contributed by atoms with E-state index in [0.717, 1.165) is 30.5 Å². The molecule has 2 rings (SSSR count). The molecule has 0 aromatic heterocycles. The Labute approximate surface area is 120 Å². The highest BCUT2D eigenvalue weighted by Crippen LogP contribution is 2.30. The van der Waals surface area contributed by atoms with Gasteiger partial charge in [-0.15, -0.1) is 0 Å². The molecular weight excluding hydrogens is 310 g/mol. The largest absolute Gasteiger partial charge is 0.480 e. The van der Waals surface area contributed by atoms with E-state index in [4.69, 9.17) is 5.11 Å². The van der Waals surface area contributed by atoms with Crippen molar-refractivity contribution in [2.45, 2.75) is 37.4 Å². The van der Waals surface area contributed by atoms with Crippen LogP contribution in [0.1, 0.15) is 30.0 Å². The van der Waals surface area contributed by atoms with Crippen LogP contribution >= 0.6 is 15.9 Å². The van der Waals surface area contributed by atoms with Crippen molar-refractivity contribution in [1.82, 2.24) is 0 Å². The average molecular weight is 326 g/mol. The van der Waals surface area contributed by atoms with Crippen molar-refractivity contribution in [3.8, 4) is 0 Å². The molecule has 1 aromatic rings. The van der Waals surface area contributed by atoms with Crippen molar-refractivity contribution in [3.05, 3.63) is 28.8 Å². The molecule has 1 aromatic carbocycles. The molecule has 1 aliphatic rings. The lowest BCUT2D eigenvalue weighted by Crippen LogP contribution is -2.17. The second-order valence-electron chi connectivity index (χ2n) is 4.82. The average Bonchev–Trinajstić information content (AvgIpc) is 2.75. The summed E-state index contributed by atoms with van der Waals surface area (Å²) in [6, 6.07) is 4.02. The third-order valence-electron chi connectivity index (χ3n) is 3.30. The summed E-state index contributed by atoms with van der Waals surface area (Å²) in [6.07, 6.45) is 3.54. The molecule has 1 amide bonds. The number of carboxylic acid groups (broad SMARTS) is 1. The van der Waals surface area contributed by atoms with Crippen molar-refractivity contribution in [3.63, 3.8) is 0 Å². The number of carbonyl (C=O) groups excluding carboxylic acids is 1. The minimum atomic E-state index is -0.894. The lowest BCUT2D eigenvalue weighted by atomic mass is 10.0. The number of aliphatic carboxylic acids is 1. The van der Waals surface area contributed by atoms with E-state index in [9.17, 15) is 9.59 Å². The molecule has 0 fully saturated rings. The van der Waals surface area contributed by atoms with Gasteiger partial charge < -0.3 is 10.4 Å². The number of aryl methyl sites for hydroxylation is 2. The van der Waals surface area contributed by atoms with E-state index in [-0.39, 0.29) is 5.91 Å². The molecule has 19 heavy (non-hydrogen) atoms. The number of alkyl halides is 1. The molecule has 102 valence electrons. The van der Waals surface area contributed by atoms with E-state index < -0.39 is 10.8 Å². The first kappa shape index (κ1) is 14.1. The summed E-state index contributed by atoms with van der Waals surface area (Å²) in [5.41, 5.74) is 4.14. The third-order valence-corrected chi connectivity index (χ3v) is 4.01. The molecule has 5 heteroatoms. The molecule has 0 bridgehead atoms. The number of benzene rings is 1. The minimum absolute atomic E-state index is 0.138. The number of carboxylic acids is 1. The zero-order valence-electron chi connectivity index (χ0n) is 10.7. The fourth-order valence-corrected chi connectivity index (χ4v) is 2.78. The summed E-state index contributed by atoms with van der Waals surface area (Å²) in [6.45, 7) is 1.46. The summed E-state index contributed by atoms with van der Waals surface area (Å²) in [5, 5.41) is 11.8. The first-order chi connectivity index (χ1) is 8.97. The van der Waals surface area contributed by atoms with Crippen LogP contribution in [0, 0.1) is 0 Å². The van der Waals surface area contributed by atoms with Crippen molar-refractivity contribution in [2.24, 2.45) is 0 Å². The Morgan fingerprint density at radius 1 is 1.37 bits per heavy atom. The molecule has 0 radical (unpaired) electrons. The van der Waals surface area contributed by atoms with Crippen molar-refractivity contribution in [2.75, 3.05) is 5.32 Å². The summed E-state index contributed by atoms with van der Waals surface area (Å²) in [4.78, 5) is 21.5. The van der Waals surface area contributed by atoms with Gasteiger partial charge in [0, 0.05) is 12.6 Å². The van der Waals surface area contributed by atoms with Gasteiger partial charge in [0.05, 0.1) is 0 Å². The van der Waals surface area contributed by atoms with Crippen LogP contribution in [0.2, 0.25) is 0 Å². The van der Waals surface area contributed by atoms with E-state index in [1.165, 1.54) is 18.1 Å². The second kappa shape index (κ2) is 5.74. The van der Waals surface area contributed by atoms with Gasteiger partial charge in [-0.3, -0.25) is 9.59 Å². The quantitative estimate of drug-likeness (QED) is 0.836. The van der Waals surface area contributed by atoms with Gasteiger partial charge in [-0.05, 0) is 48.4 Å². The first-order valence-corrected chi connectivity index (χ1v) is 7.18. The molecular formula is C14H16BrNO3. The first-order valence-electron chi connectivity index (χ1n) is 6.26. The van der Waals surface area contributed by atoms with Crippen LogP contribution in [-0.4, -0.2) is 21.8 Å². The molecule has 0 aliphatic heterocycles. The summed E-state index contributed by atoms with van der Waals surface area (Å²) >= 11 is 3.15. The van der Waals surface area contributed by atoms with Crippen LogP contribution in [-0.2, 0) is 28.9 Å². The molecule has 4 nitrogen and oxygen atoms in total. The molecule has 2 N–H and O–H groups in total. The third kappa shape index (κ3) is 3.35. The van der Waals surface area contributed by atoms with Crippen LogP contribution in [0.5, 0.6) is 0 Å². The number of anilines is 1. The SMILES string of the molecule is CC(=O)Nc1cc2c(cc1CC(Br)C(=O)O)CCC2. The molecule has 0 saturated carbocycles. The van der Waals surface area contributed by atoms with E-state index in [1.807, 2.05) is 12.1 Å². The molecule has 0 heterocycles. The minimum Gasteiger partial charge on any atom is -0.480 e. The van der Waals surface area contributed by atoms with Crippen molar-refractivity contribution in [1.29, 1.82) is 0 Å². The van der Waals surface area contributed by atoms with Crippen molar-refractivity contribution < 1.29 is 14.7 Å². The van der Waals surface area contributed by atoms with Crippen LogP contribution in [0.25, 0.3) is 0 Å². The van der Waals surface area contributed by atoms with Gasteiger partial charge >= 0.3 is 5.97 Å². The van der Waals surface area contributed by atoms with E-state index >= 15 is 0 Å². The maximum absolute atomic E-state index is 11.2. The zero-order valence-corrected chi connectivity index (χ0v) is 12.3. The number of hydrogen-bond donors (Lipinski definition) is 2. The highest BCUT2D eigenvalue weighted by Gasteiger charge is 2.20. The maximum atomic E-state index is 11.2. The molecule has 1 atom stereocenters. The number of nitrogens with one attached hydrogen (secondary N) is 1. The molecule has 0 saturated heterocycles. The fourth-order valence-electron chi connectivity index (χ4n) is 2.43. The zero-order chi connectivity index (χ0) is 14.0. The number of hydrogen-bond acceptors (Lipinski definition) is 2. The predicted octanol–water partition coefficient (Wildman–Crippen LogP) is 2.52. The lowest BCUT2D eigenvalue weighted by Gasteiger charge is -2.14. The topological polar surface area (TPSA) is 66.4 Å². The maximum Gasteiger partial charge on any atom is 0.317 e. The number of rotatable bonds is 4. The Morgan fingerprint density at radius 3 is 2.58 bits per heavy atom. The van der Waals surface area contributed by atoms with Gasteiger partial charge in [0.25, 0.3) is 0 Å². The van der Waals surface area contributed by atoms with Crippen molar-refractivity contribution >= 4 is 33.5 Å². The number of fused-ring (bicyclic) bond motifs is 1. The Kier molecular flexibility index (Phi) is 4.24. The lowest BCUT2D eigenvalue weighted by molar-refractivity contribution is -0.136. The summed E-state index contributed by atoms with van der Waals surface area (Å²) in [7, 11) is 0. The van der Waals surface area contributed by atoms with Crippen LogP contribution in [0.3, 0.4) is 0 Å². The highest BCUT2D eigenvalue weighted by atomic mass is 79.9. The van der Waals surface area contributed by atoms with Crippen LogP contribution in [0.4, 0.5) is 5.69 Å². The predicted molar refractivity (Wildman–Crippen MR) is 76.8 cm³/mol. The molecule has 1 aliphatic carbocycles. The summed E-state index contributed by atoms with van der Waals surface area (Å²) < 4.78 is 0. The number of halogens is 1. The van der Waals surface area contributed by atoms with Gasteiger partial charge in [0.2, 0.25) is 5.91 Å². The number of amides is 1. The molecule has 1 unspecified atom stereocenters. The van der Waals surface area contributed by atoms with Gasteiger partial charge in [-0.25, -0.2) is 0 Å². The van der Waals surface area contributed by atoms with Gasteiger partial charge in [-0.2, -0.15) is 0 Å².